The second-order valence-electron chi connectivity index (χ2n) is 11.6. The van der Waals surface area contributed by atoms with Gasteiger partial charge in [-0.05, 0) is 103 Å². The Morgan fingerprint density at radius 1 is 1.03 bits per heavy atom. The number of ether oxygens (including phenoxy) is 3. The van der Waals surface area contributed by atoms with E-state index < -0.39 is 20.0 Å². The number of halogens is 1. The first-order valence-corrected chi connectivity index (χ1v) is 16.3. The number of hydrogen-bond donors (Lipinski definition) is 2. The molecule has 0 spiro atoms. The molecule has 0 saturated heterocycles. The monoisotopic (exact) mass is 594 g/mol. The van der Waals surface area contributed by atoms with Crippen LogP contribution in [-0.2, 0) is 15.6 Å². The summed E-state index contributed by atoms with van der Waals surface area (Å²) in [7, 11) is -0.539. The molecule has 1 amide bonds. The van der Waals surface area contributed by atoms with Gasteiger partial charge >= 0.3 is 6.09 Å². The van der Waals surface area contributed by atoms with Gasteiger partial charge in [-0.3, -0.25) is 0 Å². The van der Waals surface area contributed by atoms with E-state index in [1.165, 1.54) is 0 Å². The van der Waals surface area contributed by atoms with Gasteiger partial charge in [0, 0.05) is 0 Å². The van der Waals surface area contributed by atoms with E-state index in [9.17, 15) is 4.79 Å². The lowest BCUT2D eigenvalue weighted by Crippen LogP contribution is -2.44. The van der Waals surface area contributed by atoms with E-state index in [4.69, 9.17) is 24.4 Å². The number of carbonyl (C=O) groups is 1. The number of methoxy groups -OCH3 is 1. The topological polar surface area (TPSA) is 92.0 Å². The molecule has 0 heterocycles. The first kappa shape index (κ1) is 31.1. The number of benzene rings is 2. The average Bonchev–Trinajstić information content (AvgIpc) is 2.76. The van der Waals surface area contributed by atoms with E-state index in [1.807, 2.05) is 57.2 Å². The number of hydrogen-bond acceptors (Lipinski definition) is 6. The van der Waals surface area contributed by atoms with Crippen LogP contribution in [0.5, 0.6) is 17.2 Å². The number of alkyl carbamates (subject to hydrolysis) is 1. The largest absolute Gasteiger partial charge is 0.493 e. The van der Waals surface area contributed by atoms with Crippen molar-refractivity contribution in [1.82, 2.24) is 5.32 Å². The fourth-order valence-corrected chi connectivity index (χ4v) is 5.05. The number of carbonyl (C=O) groups excluding carboxylic acids is 1. The van der Waals surface area contributed by atoms with E-state index in [-0.39, 0.29) is 17.7 Å². The maximum Gasteiger partial charge on any atom is 0.407 e. The zero-order valence-electron chi connectivity index (χ0n) is 23.7. The number of amides is 1. The Labute approximate surface area is 231 Å². The van der Waals surface area contributed by atoms with E-state index in [0.29, 0.717) is 23.8 Å². The van der Waals surface area contributed by atoms with Crippen molar-refractivity contribution in [3.05, 3.63) is 52.0 Å². The van der Waals surface area contributed by atoms with E-state index in [2.05, 4.69) is 55.1 Å². The van der Waals surface area contributed by atoms with Crippen molar-refractivity contribution in [2.45, 2.75) is 77.8 Å². The molecule has 2 rings (SSSR count). The van der Waals surface area contributed by atoms with Crippen LogP contribution in [0.3, 0.4) is 0 Å². The van der Waals surface area contributed by atoms with Gasteiger partial charge < -0.3 is 29.7 Å². The van der Waals surface area contributed by atoms with Gasteiger partial charge in [0.05, 0.1) is 24.2 Å². The number of nitrogens with two attached hydrogens (primary N) is 1. The lowest BCUT2D eigenvalue weighted by Gasteiger charge is -2.39. The van der Waals surface area contributed by atoms with Crippen molar-refractivity contribution in [2.75, 3.05) is 20.2 Å². The molecule has 206 valence electrons. The third-order valence-electron chi connectivity index (χ3n) is 6.28. The first-order chi connectivity index (χ1) is 17.1. The molecule has 0 fully saturated rings. The zero-order valence-corrected chi connectivity index (χ0v) is 26.2. The molecule has 9 heteroatoms. The molecule has 0 saturated carbocycles. The molecule has 2 aromatic rings. The molecule has 37 heavy (non-hydrogen) atoms. The molecule has 0 aromatic heterocycles. The lowest BCUT2D eigenvalue weighted by atomic mass is 10.1. The van der Waals surface area contributed by atoms with Gasteiger partial charge in [-0.2, -0.15) is 0 Å². The van der Waals surface area contributed by atoms with Crippen LogP contribution in [0.25, 0.3) is 0 Å². The Kier molecular flexibility index (Phi) is 10.6. The Hall–Kier alpha value is -2.07. The highest BCUT2D eigenvalue weighted by Crippen LogP contribution is 2.41. The van der Waals surface area contributed by atoms with Crippen molar-refractivity contribution in [1.29, 1.82) is 0 Å². The van der Waals surface area contributed by atoms with Crippen molar-refractivity contribution >= 4 is 30.3 Å². The normalized spacial score (nSPS) is 13.2. The highest BCUT2D eigenvalue weighted by molar-refractivity contribution is 9.10. The van der Waals surface area contributed by atoms with Crippen LogP contribution in [-0.4, -0.2) is 40.2 Å². The summed E-state index contributed by atoms with van der Waals surface area (Å²) in [5, 5.41) is 2.88. The molecule has 0 aliphatic heterocycles. The van der Waals surface area contributed by atoms with Crippen molar-refractivity contribution < 1.29 is 23.4 Å². The third kappa shape index (κ3) is 9.32. The van der Waals surface area contributed by atoms with Crippen molar-refractivity contribution in [2.24, 2.45) is 5.73 Å². The fraction of sp³-hybridized carbons (Fsp3) is 0.536. The van der Waals surface area contributed by atoms with E-state index >= 15 is 0 Å². The summed E-state index contributed by atoms with van der Waals surface area (Å²) >= 11 is 3.67. The molecular weight excluding hydrogens is 552 g/mol. The molecule has 0 unspecified atom stereocenters. The second kappa shape index (κ2) is 12.6. The summed E-state index contributed by atoms with van der Waals surface area (Å²) < 4.78 is 24.6. The highest BCUT2D eigenvalue weighted by atomic mass is 79.9. The molecule has 1 atom stereocenters. The van der Waals surface area contributed by atoms with E-state index in [0.717, 1.165) is 22.0 Å². The number of rotatable bonds is 10. The Morgan fingerprint density at radius 2 is 1.68 bits per heavy atom. The van der Waals surface area contributed by atoms with E-state index in [1.54, 1.807) is 7.11 Å². The Morgan fingerprint density at radius 3 is 2.22 bits per heavy atom. The maximum atomic E-state index is 12.4. The van der Waals surface area contributed by atoms with Gasteiger partial charge in [0.25, 0.3) is 0 Å². The minimum atomic E-state index is -2.15. The van der Waals surface area contributed by atoms with Crippen molar-refractivity contribution in [3.8, 4) is 17.2 Å². The van der Waals surface area contributed by atoms with Crippen LogP contribution in [0.4, 0.5) is 4.79 Å². The van der Waals surface area contributed by atoms with Crippen LogP contribution >= 0.6 is 15.9 Å². The molecule has 7 nitrogen and oxygen atoms in total. The second-order valence-corrected chi connectivity index (χ2v) is 17.2. The Balaban J connectivity index is 2.34. The first-order valence-electron chi connectivity index (χ1n) is 12.6. The molecule has 2 aromatic carbocycles. The highest BCUT2D eigenvalue weighted by Gasteiger charge is 2.39. The summed E-state index contributed by atoms with van der Waals surface area (Å²) in [6.45, 7) is 17.3. The van der Waals surface area contributed by atoms with Gasteiger partial charge in [-0.25, -0.2) is 4.79 Å². The van der Waals surface area contributed by atoms with Gasteiger partial charge in [0.15, 0.2) is 19.8 Å². The molecular formula is C28H43BrN2O5Si. The predicted octanol–water partition coefficient (Wildman–Crippen LogP) is 7.34. The van der Waals surface area contributed by atoms with Gasteiger partial charge in [-0.15, -0.1) is 0 Å². The van der Waals surface area contributed by atoms with Crippen LogP contribution in [0, 0.1) is 0 Å². The van der Waals surface area contributed by atoms with Crippen molar-refractivity contribution in [3.63, 3.8) is 0 Å². The minimum Gasteiger partial charge on any atom is -0.493 e. The fourth-order valence-electron chi connectivity index (χ4n) is 3.29. The summed E-state index contributed by atoms with van der Waals surface area (Å²) in [5.74, 6) is 1.89. The summed E-state index contributed by atoms with van der Waals surface area (Å²) in [6.07, 6.45) is -0.0848. The predicted molar refractivity (Wildman–Crippen MR) is 155 cm³/mol. The third-order valence-corrected chi connectivity index (χ3v) is 11.4. The number of nitrogens with one attached hydrogen (secondary N) is 1. The molecule has 3 N–H and O–H groups in total. The van der Waals surface area contributed by atoms with Gasteiger partial charge in [0.2, 0.25) is 0 Å². The SMILES string of the molecule is COc1ccc(CCN)cc1Oc1ccc([C@@H](CNC(=O)OC(C)(C)C)O[Si](C)(C)C(C)(C)C)cc1Br. The molecule has 0 aliphatic carbocycles. The minimum absolute atomic E-state index is 0.00253. The summed E-state index contributed by atoms with van der Waals surface area (Å²) in [5.41, 5.74) is 7.14. The average molecular weight is 596 g/mol. The Bertz CT molecular complexity index is 1060. The quantitative estimate of drug-likeness (QED) is 0.279. The summed E-state index contributed by atoms with van der Waals surface area (Å²) in [6, 6.07) is 11.6. The van der Waals surface area contributed by atoms with Crippen LogP contribution in [0.2, 0.25) is 18.1 Å². The molecule has 0 radical (unpaired) electrons. The standard InChI is InChI=1S/C28H43BrN2O5Si/c1-27(2,3)35-26(32)31-18-25(36-37(8,9)28(4,5)6)20-11-13-22(21(29)17-20)34-24-16-19(14-15-30)10-12-23(24)33-7/h10-13,16-17,25H,14-15,18,30H2,1-9H3,(H,31,32)/t25-/m1/s1. The van der Waals surface area contributed by atoms with Crippen LogP contribution in [0.1, 0.15) is 58.8 Å². The molecule has 0 aliphatic rings. The lowest BCUT2D eigenvalue weighted by molar-refractivity contribution is 0.0496. The smallest absolute Gasteiger partial charge is 0.407 e. The van der Waals surface area contributed by atoms with Gasteiger partial charge in [0.1, 0.15) is 11.4 Å². The van der Waals surface area contributed by atoms with Crippen LogP contribution < -0.4 is 20.5 Å². The summed E-state index contributed by atoms with van der Waals surface area (Å²) in [4.78, 5) is 12.4. The van der Waals surface area contributed by atoms with Gasteiger partial charge in [-0.1, -0.05) is 32.9 Å². The van der Waals surface area contributed by atoms with Crippen LogP contribution in [0.15, 0.2) is 40.9 Å². The molecule has 0 bridgehead atoms. The zero-order chi connectivity index (χ0) is 28.0. The maximum absolute atomic E-state index is 12.4.